The second kappa shape index (κ2) is 9.11. The lowest BCUT2D eigenvalue weighted by Crippen LogP contribution is -2.32. The Kier molecular flexibility index (Phi) is 6.03. The number of hydrogen-bond donors (Lipinski definition) is 2. The quantitative estimate of drug-likeness (QED) is 0.552. The first kappa shape index (κ1) is 21.9. The molecule has 0 radical (unpaired) electrons. The van der Waals surface area contributed by atoms with Gasteiger partial charge < -0.3 is 19.9 Å². The van der Waals surface area contributed by atoms with Gasteiger partial charge in [-0.05, 0) is 68.7 Å². The molecule has 0 bridgehead atoms. The smallest absolute Gasteiger partial charge is 0.278 e. The highest BCUT2D eigenvalue weighted by atomic mass is 32.1. The molecule has 7 nitrogen and oxygen atoms in total. The number of ether oxygens (including phenoxy) is 1. The number of nitrogens with one attached hydrogen (secondary N) is 2. The maximum absolute atomic E-state index is 13.1. The van der Waals surface area contributed by atoms with Crippen LogP contribution in [0.25, 0.3) is 11.3 Å². The predicted octanol–water partition coefficient (Wildman–Crippen LogP) is 4.67. The predicted molar refractivity (Wildman–Crippen MR) is 127 cm³/mol. The second-order valence-electron chi connectivity index (χ2n) is 8.74. The Bertz CT molecular complexity index is 1210. The van der Waals surface area contributed by atoms with E-state index in [1.54, 1.807) is 6.07 Å². The van der Waals surface area contributed by atoms with Crippen molar-refractivity contribution in [3.05, 3.63) is 57.1 Å². The Morgan fingerprint density at radius 1 is 1.12 bits per heavy atom. The lowest BCUT2D eigenvalue weighted by Gasteiger charge is -2.12. The number of anilines is 1. The zero-order chi connectivity index (χ0) is 22.9. The lowest BCUT2D eigenvalue weighted by atomic mass is 10.0. The van der Waals surface area contributed by atoms with Crippen molar-refractivity contribution >= 4 is 28.2 Å². The molecule has 1 aliphatic carbocycles. The van der Waals surface area contributed by atoms with Gasteiger partial charge in [0.05, 0.1) is 11.7 Å². The van der Waals surface area contributed by atoms with Crippen LogP contribution in [-0.4, -0.2) is 36.2 Å². The van der Waals surface area contributed by atoms with Gasteiger partial charge in [-0.1, -0.05) is 17.3 Å². The topological polar surface area (TPSA) is 93.5 Å². The number of carbonyl (C=O) groups excluding carboxylic acids is 2. The van der Waals surface area contributed by atoms with Gasteiger partial charge in [0.15, 0.2) is 11.5 Å². The third-order valence-electron chi connectivity index (χ3n) is 6.42. The van der Waals surface area contributed by atoms with Crippen molar-refractivity contribution in [2.45, 2.75) is 52.1 Å². The van der Waals surface area contributed by atoms with E-state index in [9.17, 15) is 9.59 Å². The number of amides is 2. The highest BCUT2D eigenvalue weighted by Crippen LogP contribution is 2.39. The standard InChI is InChI=1S/C25H27N3O4S/c1-14-8-9-16(11-15(14)2)20-12-19(28-32-20)23(29)27-25-22(18-6-3-7-21(18)33-25)24(30)26-13-17-5-4-10-31-17/h8-9,11-12,17H,3-7,10,13H2,1-2H3,(H,26,30)(H,27,29). The summed E-state index contributed by atoms with van der Waals surface area (Å²) in [6.45, 7) is 5.31. The summed E-state index contributed by atoms with van der Waals surface area (Å²) in [7, 11) is 0. The molecule has 1 unspecified atom stereocenters. The van der Waals surface area contributed by atoms with E-state index in [4.69, 9.17) is 9.26 Å². The van der Waals surface area contributed by atoms with E-state index >= 15 is 0 Å². The van der Waals surface area contributed by atoms with Gasteiger partial charge in [-0.25, -0.2) is 0 Å². The van der Waals surface area contributed by atoms with Gasteiger partial charge >= 0.3 is 0 Å². The van der Waals surface area contributed by atoms with E-state index in [0.717, 1.165) is 55.4 Å². The van der Waals surface area contributed by atoms with Crippen LogP contribution in [0.5, 0.6) is 0 Å². The SMILES string of the molecule is Cc1ccc(-c2cc(C(=O)Nc3sc4c(c3C(=O)NCC3CCCO3)CCC4)no2)cc1C. The van der Waals surface area contributed by atoms with Gasteiger partial charge in [0.1, 0.15) is 5.00 Å². The van der Waals surface area contributed by atoms with E-state index in [1.807, 2.05) is 32.0 Å². The second-order valence-corrected chi connectivity index (χ2v) is 9.84. The van der Waals surface area contributed by atoms with Gasteiger partial charge in [0.2, 0.25) is 0 Å². The van der Waals surface area contributed by atoms with Crippen LogP contribution in [0.4, 0.5) is 5.00 Å². The zero-order valence-corrected chi connectivity index (χ0v) is 19.6. The van der Waals surface area contributed by atoms with E-state index in [0.29, 0.717) is 22.9 Å². The van der Waals surface area contributed by atoms with Crippen LogP contribution in [0.2, 0.25) is 0 Å². The van der Waals surface area contributed by atoms with Gasteiger partial charge in [-0.2, -0.15) is 0 Å². The summed E-state index contributed by atoms with van der Waals surface area (Å²) in [5.41, 5.74) is 5.01. The monoisotopic (exact) mass is 465 g/mol. The Labute approximate surface area is 196 Å². The molecule has 0 saturated carbocycles. The Morgan fingerprint density at radius 3 is 2.79 bits per heavy atom. The van der Waals surface area contributed by atoms with Crippen molar-refractivity contribution in [1.29, 1.82) is 0 Å². The molecule has 172 valence electrons. The van der Waals surface area contributed by atoms with Crippen molar-refractivity contribution < 1.29 is 18.8 Å². The molecule has 1 atom stereocenters. The fourth-order valence-corrected chi connectivity index (χ4v) is 5.69. The Hall–Kier alpha value is -2.97. The lowest BCUT2D eigenvalue weighted by molar-refractivity contribution is 0.0858. The molecule has 1 fully saturated rings. The van der Waals surface area contributed by atoms with Crippen LogP contribution >= 0.6 is 11.3 Å². The zero-order valence-electron chi connectivity index (χ0n) is 18.8. The molecule has 2 N–H and O–H groups in total. The summed E-state index contributed by atoms with van der Waals surface area (Å²) in [5.74, 6) is -0.00967. The summed E-state index contributed by atoms with van der Waals surface area (Å²) in [5, 5.41) is 10.5. The maximum atomic E-state index is 13.1. The summed E-state index contributed by atoms with van der Waals surface area (Å²) in [4.78, 5) is 27.2. The summed E-state index contributed by atoms with van der Waals surface area (Å²) < 4.78 is 11.1. The Morgan fingerprint density at radius 2 is 2.00 bits per heavy atom. The molecule has 8 heteroatoms. The summed E-state index contributed by atoms with van der Waals surface area (Å²) in [6, 6.07) is 7.61. The molecular weight excluding hydrogens is 438 g/mol. The van der Waals surface area contributed by atoms with Crippen molar-refractivity contribution in [3.8, 4) is 11.3 Å². The molecule has 2 aliphatic rings. The number of aromatic nitrogens is 1. The molecular formula is C25H27N3O4S. The first-order valence-corrected chi connectivity index (χ1v) is 12.2. The number of aryl methyl sites for hydroxylation is 3. The van der Waals surface area contributed by atoms with Crippen LogP contribution in [0.15, 0.2) is 28.8 Å². The van der Waals surface area contributed by atoms with Gasteiger partial charge in [0.25, 0.3) is 11.8 Å². The van der Waals surface area contributed by atoms with Crippen molar-refractivity contribution in [2.75, 3.05) is 18.5 Å². The molecule has 1 aliphatic heterocycles. The van der Waals surface area contributed by atoms with Crippen LogP contribution in [0.3, 0.4) is 0 Å². The third kappa shape index (κ3) is 4.45. The van der Waals surface area contributed by atoms with Crippen LogP contribution in [0.1, 0.15) is 61.7 Å². The minimum absolute atomic E-state index is 0.0673. The highest BCUT2D eigenvalue weighted by molar-refractivity contribution is 7.17. The van der Waals surface area contributed by atoms with Crippen LogP contribution < -0.4 is 10.6 Å². The fourth-order valence-electron chi connectivity index (χ4n) is 4.41. The molecule has 1 aromatic carbocycles. The highest BCUT2D eigenvalue weighted by Gasteiger charge is 2.29. The molecule has 3 heterocycles. The molecule has 5 rings (SSSR count). The first-order valence-electron chi connectivity index (χ1n) is 11.4. The fraction of sp³-hybridized carbons (Fsp3) is 0.400. The number of nitrogens with zero attached hydrogens (tertiary/aromatic N) is 1. The molecule has 0 spiro atoms. The molecule has 2 aromatic heterocycles. The van der Waals surface area contributed by atoms with Gasteiger partial charge in [0, 0.05) is 29.7 Å². The van der Waals surface area contributed by atoms with E-state index in [-0.39, 0.29) is 23.6 Å². The van der Waals surface area contributed by atoms with Crippen molar-refractivity contribution in [2.24, 2.45) is 0 Å². The van der Waals surface area contributed by atoms with Crippen LogP contribution in [-0.2, 0) is 17.6 Å². The van der Waals surface area contributed by atoms with Crippen molar-refractivity contribution in [3.63, 3.8) is 0 Å². The summed E-state index contributed by atoms with van der Waals surface area (Å²) >= 11 is 1.48. The van der Waals surface area contributed by atoms with E-state index in [2.05, 4.69) is 15.8 Å². The number of benzene rings is 1. The first-order chi connectivity index (χ1) is 16.0. The number of thiophene rings is 1. The Balaban J connectivity index is 1.34. The number of rotatable bonds is 6. The average molecular weight is 466 g/mol. The molecule has 33 heavy (non-hydrogen) atoms. The van der Waals surface area contributed by atoms with E-state index < -0.39 is 0 Å². The van der Waals surface area contributed by atoms with Crippen molar-refractivity contribution in [1.82, 2.24) is 10.5 Å². The minimum atomic E-state index is -0.387. The maximum Gasteiger partial charge on any atom is 0.278 e. The normalized spacial score (nSPS) is 17.2. The van der Waals surface area contributed by atoms with E-state index in [1.165, 1.54) is 21.8 Å². The third-order valence-corrected chi connectivity index (χ3v) is 7.63. The average Bonchev–Trinajstić information content (AvgIpc) is 3.58. The minimum Gasteiger partial charge on any atom is -0.376 e. The number of hydrogen-bond acceptors (Lipinski definition) is 6. The van der Waals surface area contributed by atoms with Gasteiger partial charge in [-0.15, -0.1) is 11.3 Å². The summed E-state index contributed by atoms with van der Waals surface area (Å²) in [6.07, 6.45) is 4.87. The molecule has 3 aromatic rings. The van der Waals surface area contributed by atoms with Gasteiger partial charge in [-0.3, -0.25) is 9.59 Å². The number of carbonyl (C=O) groups is 2. The number of fused-ring (bicyclic) bond motifs is 1. The largest absolute Gasteiger partial charge is 0.376 e. The van der Waals surface area contributed by atoms with Crippen LogP contribution in [0, 0.1) is 13.8 Å². The molecule has 2 amide bonds. The molecule has 1 saturated heterocycles.